The molecule has 0 aliphatic carbocycles. The molecule has 2 aromatic carbocycles. The Hall–Kier alpha value is -2.21. The van der Waals surface area contributed by atoms with Gasteiger partial charge in [0.05, 0.1) is 5.56 Å². The number of nitrogens with one attached hydrogen (secondary N) is 1. The summed E-state index contributed by atoms with van der Waals surface area (Å²) in [5, 5.41) is 2.98. The van der Waals surface area contributed by atoms with Crippen molar-refractivity contribution in [1.82, 2.24) is 0 Å². The van der Waals surface area contributed by atoms with Crippen LogP contribution >= 0.6 is 11.6 Å². The maximum Gasteiger partial charge on any atom is 0.416 e. The van der Waals surface area contributed by atoms with E-state index in [9.17, 15) is 18.0 Å². The van der Waals surface area contributed by atoms with Crippen LogP contribution in [0, 0.1) is 0 Å². The lowest BCUT2D eigenvalue weighted by Crippen LogP contribution is -2.20. The molecule has 7 heteroatoms. The number of rotatable bonds is 4. The van der Waals surface area contributed by atoms with Crippen LogP contribution in [0.25, 0.3) is 0 Å². The molecular formula is C15H11ClF3NO2. The van der Waals surface area contributed by atoms with Crippen LogP contribution in [0.5, 0.6) is 5.75 Å². The second-order valence-electron chi connectivity index (χ2n) is 4.37. The smallest absolute Gasteiger partial charge is 0.416 e. The number of benzene rings is 2. The maximum absolute atomic E-state index is 12.5. The Labute approximate surface area is 129 Å². The minimum absolute atomic E-state index is 0.0314. The molecule has 22 heavy (non-hydrogen) atoms. The van der Waals surface area contributed by atoms with Gasteiger partial charge >= 0.3 is 6.18 Å². The van der Waals surface area contributed by atoms with E-state index >= 15 is 0 Å². The predicted octanol–water partition coefficient (Wildman–Crippen LogP) is 4.38. The molecule has 0 bridgehead atoms. The number of alkyl halides is 3. The van der Waals surface area contributed by atoms with Gasteiger partial charge in [-0.15, -0.1) is 0 Å². The van der Waals surface area contributed by atoms with Crippen LogP contribution in [0.2, 0.25) is 5.02 Å². The van der Waals surface area contributed by atoms with E-state index in [2.05, 4.69) is 5.32 Å². The zero-order valence-electron chi connectivity index (χ0n) is 11.2. The number of carbonyl (C=O) groups is 1. The molecule has 0 aliphatic heterocycles. The normalized spacial score (nSPS) is 11.1. The van der Waals surface area contributed by atoms with Crippen molar-refractivity contribution in [2.75, 3.05) is 11.9 Å². The van der Waals surface area contributed by atoms with Crippen LogP contribution in [0.15, 0.2) is 48.5 Å². The average molecular weight is 330 g/mol. The Morgan fingerprint density at radius 1 is 1.14 bits per heavy atom. The molecule has 0 aromatic heterocycles. The highest BCUT2D eigenvalue weighted by Crippen LogP contribution is 2.31. The lowest BCUT2D eigenvalue weighted by Gasteiger charge is -2.10. The highest BCUT2D eigenvalue weighted by atomic mass is 35.5. The van der Waals surface area contributed by atoms with Crippen LogP contribution in [0.3, 0.4) is 0 Å². The van der Waals surface area contributed by atoms with Gasteiger partial charge in [0.1, 0.15) is 5.75 Å². The van der Waals surface area contributed by atoms with Gasteiger partial charge in [0.2, 0.25) is 0 Å². The molecule has 3 nitrogen and oxygen atoms in total. The fraction of sp³-hybridized carbons (Fsp3) is 0.133. The lowest BCUT2D eigenvalue weighted by molar-refractivity contribution is -0.137. The summed E-state index contributed by atoms with van der Waals surface area (Å²) < 4.78 is 42.7. The van der Waals surface area contributed by atoms with Gasteiger partial charge < -0.3 is 10.1 Å². The third-order valence-electron chi connectivity index (χ3n) is 2.64. The van der Waals surface area contributed by atoms with Crippen molar-refractivity contribution in [1.29, 1.82) is 0 Å². The molecule has 0 aliphatic rings. The Bertz CT molecular complexity index is 674. The summed E-state index contributed by atoms with van der Waals surface area (Å²) in [4.78, 5) is 11.7. The van der Waals surface area contributed by atoms with Crippen LogP contribution in [-0.2, 0) is 11.0 Å². The van der Waals surface area contributed by atoms with E-state index in [1.165, 1.54) is 12.1 Å². The first-order valence-corrected chi connectivity index (χ1v) is 6.58. The van der Waals surface area contributed by atoms with Gasteiger partial charge in [-0.1, -0.05) is 23.7 Å². The fourth-order valence-electron chi connectivity index (χ4n) is 1.67. The Balaban J connectivity index is 1.94. The van der Waals surface area contributed by atoms with E-state index in [0.717, 1.165) is 12.1 Å². The molecule has 0 atom stereocenters. The van der Waals surface area contributed by atoms with E-state index in [4.69, 9.17) is 16.3 Å². The topological polar surface area (TPSA) is 38.3 Å². The summed E-state index contributed by atoms with van der Waals surface area (Å²) in [5.41, 5.74) is -0.356. The number of hydrogen-bond acceptors (Lipinski definition) is 2. The van der Waals surface area contributed by atoms with Gasteiger partial charge in [0, 0.05) is 10.7 Å². The van der Waals surface area contributed by atoms with Crippen molar-refractivity contribution in [3.8, 4) is 5.75 Å². The van der Waals surface area contributed by atoms with Crippen LogP contribution in [0.1, 0.15) is 5.56 Å². The molecule has 0 saturated carbocycles. The van der Waals surface area contributed by atoms with Gasteiger partial charge in [-0.2, -0.15) is 13.2 Å². The van der Waals surface area contributed by atoms with Crippen molar-refractivity contribution in [3.63, 3.8) is 0 Å². The van der Waals surface area contributed by atoms with Gasteiger partial charge in [-0.05, 0) is 36.4 Å². The SMILES string of the molecule is O=C(COc1cccc(C(F)(F)F)c1)Nc1cccc(Cl)c1. The lowest BCUT2D eigenvalue weighted by atomic mass is 10.2. The van der Waals surface area contributed by atoms with E-state index in [1.807, 2.05) is 0 Å². The molecule has 1 amide bonds. The summed E-state index contributed by atoms with van der Waals surface area (Å²) >= 11 is 5.77. The first-order chi connectivity index (χ1) is 10.3. The van der Waals surface area contributed by atoms with E-state index < -0.39 is 24.3 Å². The summed E-state index contributed by atoms with van der Waals surface area (Å²) in [6, 6.07) is 10.8. The molecule has 0 radical (unpaired) electrons. The Morgan fingerprint density at radius 2 is 1.86 bits per heavy atom. The largest absolute Gasteiger partial charge is 0.484 e. The van der Waals surface area contributed by atoms with E-state index in [0.29, 0.717) is 10.7 Å². The molecule has 1 N–H and O–H groups in total. The molecule has 0 heterocycles. The number of anilines is 1. The zero-order chi connectivity index (χ0) is 16.2. The average Bonchev–Trinajstić information content (AvgIpc) is 2.45. The van der Waals surface area contributed by atoms with Crippen LogP contribution in [0.4, 0.5) is 18.9 Å². The van der Waals surface area contributed by atoms with Crippen molar-refractivity contribution >= 4 is 23.2 Å². The van der Waals surface area contributed by atoms with E-state index in [1.54, 1.807) is 24.3 Å². The monoisotopic (exact) mass is 329 g/mol. The first kappa shape index (κ1) is 16.2. The molecule has 0 saturated heterocycles. The van der Waals surface area contributed by atoms with E-state index in [-0.39, 0.29) is 5.75 Å². The minimum atomic E-state index is -4.46. The molecule has 2 aromatic rings. The second kappa shape index (κ2) is 6.70. The van der Waals surface area contributed by atoms with Crippen LogP contribution < -0.4 is 10.1 Å². The Kier molecular flexibility index (Phi) is 4.92. The molecule has 0 spiro atoms. The predicted molar refractivity (Wildman–Crippen MR) is 77.0 cm³/mol. The van der Waals surface area contributed by atoms with Gasteiger partial charge in [0.25, 0.3) is 5.91 Å². The fourth-order valence-corrected chi connectivity index (χ4v) is 1.86. The summed E-state index contributed by atoms with van der Waals surface area (Å²) in [7, 11) is 0. The standard InChI is InChI=1S/C15H11ClF3NO2/c16-11-4-2-5-12(8-11)20-14(21)9-22-13-6-1-3-10(7-13)15(17,18)19/h1-8H,9H2,(H,20,21). The zero-order valence-corrected chi connectivity index (χ0v) is 11.9. The number of hydrogen-bond donors (Lipinski definition) is 1. The molecular weight excluding hydrogens is 319 g/mol. The van der Waals surface area contributed by atoms with Crippen molar-refractivity contribution in [2.24, 2.45) is 0 Å². The first-order valence-electron chi connectivity index (χ1n) is 6.20. The molecule has 0 fully saturated rings. The quantitative estimate of drug-likeness (QED) is 0.904. The maximum atomic E-state index is 12.5. The summed E-state index contributed by atoms with van der Waals surface area (Å²) in [6.45, 7) is -0.409. The number of ether oxygens (including phenoxy) is 1. The number of carbonyl (C=O) groups excluding carboxylic acids is 1. The van der Waals surface area contributed by atoms with Gasteiger partial charge in [-0.25, -0.2) is 0 Å². The van der Waals surface area contributed by atoms with Crippen molar-refractivity contribution in [3.05, 3.63) is 59.1 Å². The molecule has 116 valence electrons. The second-order valence-corrected chi connectivity index (χ2v) is 4.81. The summed E-state index contributed by atoms with van der Waals surface area (Å²) in [6.07, 6.45) is -4.46. The van der Waals surface area contributed by atoms with Crippen molar-refractivity contribution in [2.45, 2.75) is 6.18 Å². The third-order valence-corrected chi connectivity index (χ3v) is 2.87. The molecule has 2 rings (SSSR count). The van der Waals surface area contributed by atoms with Crippen LogP contribution in [-0.4, -0.2) is 12.5 Å². The highest BCUT2D eigenvalue weighted by molar-refractivity contribution is 6.30. The van der Waals surface area contributed by atoms with Gasteiger partial charge in [-0.3, -0.25) is 4.79 Å². The molecule has 0 unspecified atom stereocenters. The van der Waals surface area contributed by atoms with Gasteiger partial charge in [0.15, 0.2) is 6.61 Å². The minimum Gasteiger partial charge on any atom is -0.484 e. The van der Waals surface area contributed by atoms with Crippen molar-refractivity contribution < 1.29 is 22.7 Å². The summed E-state index contributed by atoms with van der Waals surface area (Å²) in [5.74, 6) is -0.532. The number of halogens is 4. The highest BCUT2D eigenvalue weighted by Gasteiger charge is 2.30. The Morgan fingerprint density at radius 3 is 2.55 bits per heavy atom. The third kappa shape index (κ3) is 4.66. The number of amides is 1.